The van der Waals surface area contributed by atoms with E-state index in [0.717, 1.165) is 25.7 Å². The van der Waals surface area contributed by atoms with E-state index in [2.05, 4.69) is 10.6 Å². The van der Waals surface area contributed by atoms with E-state index in [1.807, 2.05) is 13.8 Å². The minimum atomic E-state index is -1.34. The van der Waals surface area contributed by atoms with Gasteiger partial charge in [-0.2, -0.15) is 0 Å². The summed E-state index contributed by atoms with van der Waals surface area (Å²) in [6.07, 6.45) is 2.07. The van der Waals surface area contributed by atoms with Crippen LogP contribution in [-0.2, 0) is 29.0 Å². The molecule has 0 fully saturated rings. The third kappa shape index (κ3) is 12.5. The van der Waals surface area contributed by atoms with Crippen molar-refractivity contribution in [2.45, 2.75) is 39.5 Å². The Bertz CT molecular complexity index is 891. The van der Waals surface area contributed by atoms with Gasteiger partial charge in [0.15, 0.2) is 0 Å². The topological polar surface area (TPSA) is 157 Å². The summed E-state index contributed by atoms with van der Waals surface area (Å²) in [6.45, 7) is 4.59. The van der Waals surface area contributed by atoms with Crippen LogP contribution in [0.2, 0.25) is 0 Å². The normalized spacial score (nSPS) is 9.43. The Hall–Kier alpha value is -3.46. The van der Waals surface area contributed by atoms with Crippen molar-refractivity contribution in [2.75, 3.05) is 23.8 Å². The number of ether oxygens (including phenoxy) is 2. The van der Waals surface area contributed by atoms with E-state index in [0.29, 0.717) is 13.2 Å². The van der Waals surface area contributed by atoms with Gasteiger partial charge in [-0.15, -0.1) is 0 Å². The van der Waals surface area contributed by atoms with Gasteiger partial charge in [-0.1, -0.05) is 63.1 Å². The van der Waals surface area contributed by atoms with Crippen molar-refractivity contribution < 1.29 is 58.3 Å². The number of amides is 2. The van der Waals surface area contributed by atoms with Crippen LogP contribution in [0, 0.1) is 0 Å². The number of aromatic carboxylic acids is 2. The molecule has 0 saturated carbocycles. The molecule has 2 N–H and O–H groups in total. The molecule has 0 spiro atoms. The molecular formula is C24H28N2O8Zn. The number of carboxylic acid groups (broad SMARTS) is 2. The zero-order valence-electron chi connectivity index (χ0n) is 19.8. The smallest absolute Gasteiger partial charge is 0.545 e. The predicted octanol–water partition coefficient (Wildman–Crippen LogP) is 2.79. The van der Waals surface area contributed by atoms with Crippen LogP contribution in [0.15, 0.2) is 48.5 Å². The summed E-state index contributed by atoms with van der Waals surface area (Å²) in [5.74, 6) is -2.68. The van der Waals surface area contributed by atoms with Gasteiger partial charge in [-0.25, -0.2) is 9.59 Å². The van der Waals surface area contributed by atoms with Crippen LogP contribution >= 0.6 is 0 Å². The second kappa shape index (κ2) is 17.9. The summed E-state index contributed by atoms with van der Waals surface area (Å²) >= 11 is 0. The molecule has 0 aliphatic rings. The summed E-state index contributed by atoms with van der Waals surface area (Å²) in [5, 5.41) is 26.3. The standard InChI is InChI=1S/2C12H15NO4.Zn/c2*1-2-3-8-17-12(16)13-10-7-5-4-6-9(10)11(14)15;/h2*4-7H,2-3,8H2,1H3,(H,13,16)(H,14,15);/q;;+2/p-2. The third-order valence-electron chi connectivity index (χ3n) is 4.23. The number of hydrogen-bond acceptors (Lipinski definition) is 8. The van der Waals surface area contributed by atoms with Crippen LogP contribution < -0.4 is 20.8 Å². The van der Waals surface area contributed by atoms with E-state index < -0.39 is 24.1 Å². The molecular weight excluding hydrogens is 510 g/mol. The number of carbonyl (C=O) groups excluding carboxylic acids is 4. The number of carbonyl (C=O) groups is 4. The van der Waals surface area contributed by atoms with Gasteiger partial charge >= 0.3 is 31.7 Å². The summed E-state index contributed by atoms with van der Waals surface area (Å²) in [6, 6.07) is 12.0. The molecule has 35 heavy (non-hydrogen) atoms. The first-order chi connectivity index (χ1) is 16.3. The molecule has 11 heteroatoms. The molecule has 2 aromatic rings. The Kier molecular flexibility index (Phi) is 16.2. The number of anilines is 2. The van der Waals surface area contributed by atoms with Crippen molar-refractivity contribution in [1.82, 2.24) is 0 Å². The number of unbranched alkanes of at least 4 members (excludes halogenated alkanes) is 2. The average molecular weight is 538 g/mol. The Morgan fingerprint density at radius 3 is 1.34 bits per heavy atom. The first-order valence-corrected chi connectivity index (χ1v) is 10.8. The van der Waals surface area contributed by atoms with E-state index in [4.69, 9.17) is 9.47 Å². The molecule has 0 bridgehead atoms. The third-order valence-corrected chi connectivity index (χ3v) is 4.23. The van der Waals surface area contributed by atoms with E-state index in [9.17, 15) is 29.4 Å². The number of carboxylic acids is 2. The molecule has 10 nitrogen and oxygen atoms in total. The molecule has 184 valence electrons. The Morgan fingerprint density at radius 1 is 0.686 bits per heavy atom. The number of nitrogens with one attached hydrogen (secondary N) is 2. The van der Waals surface area contributed by atoms with Gasteiger partial charge < -0.3 is 29.3 Å². The SMILES string of the molecule is CCCCOC(=O)Nc1ccccc1C(=O)[O-].CCCCOC(=O)Nc1ccccc1C(=O)[O-].[Zn+2]. The van der Waals surface area contributed by atoms with Crippen LogP contribution in [0.3, 0.4) is 0 Å². The van der Waals surface area contributed by atoms with Crippen LogP contribution in [0.4, 0.5) is 21.0 Å². The van der Waals surface area contributed by atoms with E-state index in [1.165, 1.54) is 24.3 Å². The van der Waals surface area contributed by atoms with E-state index in [-0.39, 0.29) is 42.0 Å². The van der Waals surface area contributed by atoms with Crippen LogP contribution in [-0.4, -0.2) is 37.3 Å². The molecule has 2 rings (SSSR count). The Balaban J connectivity index is 0.000000642. The van der Waals surface area contributed by atoms with Crippen molar-refractivity contribution >= 4 is 35.5 Å². The minimum absolute atomic E-state index is 0. The zero-order chi connectivity index (χ0) is 25.3. The van der Waals surface area contributed by atoms with Crippen LogP contribution in [0.1, 0.15) is 60.2 Å². The molecule has 2 amide bonds. The minimum Gasteiger partial charge on any atom is -0.545 e. The average Bonchev–Trinajstić information content (AvgIpc) is 2.80. The fraction of sp³-hybridized carbons (Fsp3) is 0.333. The van der Waals surface area contributed by atoms with Gasteiger partial charge in [0.1, 0.15) is 0 Å². The van der Waals surface area contributed by atoms with Gasteiger partial charge in [0.2, 0.25) is 0 Å². The quantitative estimate of drug-likeness (QED) is 0.346. The second-order valence-electron chi connectivity index (χ2n) is 6.90. The number of rotatable bonds is 10. The number of para-hydroxylation sites is 2. The molecule has 0 aliphatic carbocycles. The van der Waals surface area contributed by atoms with Crippen LogP contribution in [0.5, 0.6) is 0 Å². The first kappa shape index (κ1) is 31.5. The summed E-state index contributed by atoms with van der Waals surface area (Å²) in [4.78, 5) is 44.2. The molecule has 0 unspecified atom stereocenters. The maximum atomic E-state index is 11.3. The van der Waals surface area contributed by atoms with Gasteiger partial charge in [0, 0.05) is 11.1 Å². The van der Waals surface area contributed by atoms with Crippen molar-refractivity contribution in [3.63, 3.8) is 0 Å². The van der Waals surface area contributed by atoms with Crippen LogP contribution in [0.25, 0.3) is 0 Å². The molecule has 0 atom stereocenters. The van der Waals surface area contributed by atoms with Gasteiger partial charge in [-0.3, -0.25) is 10.6 Å². The van der Waals surface area contributed by atoms with Crippen molar-refractivity contribution in [3.05, 3.63) is 59.7 Å². The summed E-state index contributed by atoms with van der Waals surface area (Å²) < 4.78 is 9.72. The fourth-order valence-electron chi connectivity index (χ4n) is 2.45. The maximum Gasteiger partial charge on any atom is 2.00 e. The van der Waals surface area contributed by atoms with Crippen molar-refractivity contribution in [2.24, 2.45) is 0 Å². The summed E-state index contributed by atoms with van der Waals surface area (Å²) in [7, 11) is 0. The number of benzene rings is 2. The Morgan fingerprint density at radius 2 is 1.03 bits per heavy atom. The predicted molar refractivity (Wildman–Crippen MR) is 121 cm³/mol. The first-order valence-electron chi connectivity index (χ1n) is 10.8. The molecule has 0 aliphatic heterocycles. The van der Waals surface area contributed by atoms with Gasteiger partial charge in [-0.05, 0) is 25.0 Å². The zero-order valence-corrected chi connectivity index (χ0v) is 22.8. The fourth-order valence-corrected chi connectivity index (χ4v) is 2.45. The molecule has 0 aromatic heterocycles. The second-order valence-corrected chi connectivity index (χ2v) is 6.90. The molecule has 2 aromatic carbocycles. The Labute approximate surface area is 216 Å². The maximum absolute atomic E-state index is 11.3. The van der Waals surface area contributed by atoms with E-state index >= 15 is 0 Å². The van der Waals surface area contributed by atoms with Gasteiger partial charge in [0.05, 0.1) is 36.5 Å². The largest absolute Gasteiger partial charge is 2.00 e. The molecule has 0 radical (unpaired) electrons. The van der Waals surface area contributed by atoms with E-state index in [1.54, 1.807) is 24.3 Å². The monoisotopic (exact) mass is 536 g/mol. The molecule has 0 heterocycles. The number of hydrogen-bond donors (Lipinski definition) is 2. The molecule has 0 saturated heterocycles. The van der Waals surface area contributed by atoms with Crippen molar-refractivity contribution in [3.8, 4) is 0 Å². The van der Waals surface area contributed by atoms with Crippen molar-refractivity contribution in [1.29, 1.82) is 0 Å². The van der Waals surface area contributed by atoms with Gasteiger partial charge in [0.25, 0.3) is 0 Å². The summed E-state index contributed by atoms with van der Waals surface area (Å²) in [5.41, 5.74) is 0.211.